The molecular weight excluding hydrogens is 248 g/mol. The smallest absolute Gasteiger partial charge is 0.187 e. The second-order valence-corrected chi connectivity index (χ2v) is 4.42. The summed E-state index contributed by atoms with van der Waals surface area (Å²) in [7, 11) is 3.15. The van der Waals surface area contributed by atoms with Crippen LogP contribution in [0.15, 0.2) is 30.3 Å². The number of aliphatic hydroxyl groups excluding tert-OH is 1. The fraction of sp³-hybridized carbons (Fsp3) is 0.571. The zero-order valence-electron chi connectivity index (χ0n) is 11.2. The van der Waals surface area contributed by atoms with Gasteiger partial charge in [0, 0.05) is 14.2 Å². The van der Waals surface area contributed by atoms with Gasteiger partial charge in [0.2, 0.25) is 0 Å². The molecule has 0 aromatic heterocycles. The van der Waals surface area contributed by atoms with Gasteiger partial charge in [-0.3, -0.25) is 0 Å². The Balaban J connectivity index is 1.96. The van der Waals surface area contributed by atoms with Crippen LogP contribution < -0.4 is 0 Å². The summed E-state index contributed by atoms with van der Waals surface area (Å²) < 4.78 is 22.0. The van der Waals surface area contributed by atoms with Crippen LogP contribution in [0.1, 0.15) is 5.56 Å². The van der Waals surface area contributed by atoms with Crippen LogP contribution in [0.4, 0.5) is 0 Å². The van der Waals surface area contributed by atoms with E-state index in [4.69, 9.17) is 18.9 Å². The molecule has 0 spiro atoms. The van der Waals surface area contributed by atoms with E-state index < -0.39 is 12.4 Å². The molecule has 1 fully saturated rings. The van der Waals surface area contributed by atoms with Crippen molar-refractivity contribution in [2.24, 2.45) is 0 Å². The summed E-state index contributed by atoms with van der Waals surface area (Å²) in [5, 5.41) is 9.27. The average Bonchev–Trinajstić information content (AvgIpc) is 2.82. The van der Waals surface area contributed by atoms with Crippen molar-refractivity contribution in [2.45, 2.75) is 31.2 Å². The number of methoxy groups -OCH3 is 2. The minimum absolute atomic E-state index is 0.121. The predicted octanol–water partition coefficient (Wildman–Crippen LogP) is 0.950. The lowest BCUT2D eigenvalue weighted by molar-refractivity contribution is -0.181. The van der Waals surface area contributed by atoms with E-state index in [9.17, 15) is 5.11 Å². The highest BCUT2D eigenvalue weighted by Gasteiger charge is 2.45. The van der Waals surface area contributed by atoms with Crippen LogP contribution >= 0.6 is 0 Å². The van der Waals surface area contributed by atoms with Gasteiger partial charge in [0.1, 0.15) is 18.3 Å². The number of hydrogen-bond acceptors (Lipinski definition) is 5. The molecule has 2 rings (SSSR count). The molecule has 0 amide bonds. The molecule has 1 heterocycles. The monoisotopic (exact) mass is 268 g/mol. The summed E-state index contributed by atoms with van der Waals surface area (Å²) in [5.74, 6) is 0. The van der Waals surface area contributed by atoms with E-state index in [0.29, 0.717) is 6.61 Å². The third kappa shape index (κ3) is 3.32. The predicted molar refractivity (Wildman–Crippen MR) is 68.6 cm³/mol. The van der Waals surface area contributed by atoms with E-state index in [1.165, 1.54) is 0 Å². The number of hydrogen-bond donors (Lipinski definition) is 1. The van der Waals surface area contributed by atoms with Crippen molar-refractivity contribution in [1.29, 1.82) is 0 Å². The summed E-state index contributed by atoms with van der Waals surface area (Å²) in [4.78, 5) is 0. The summed E-state index contributed by atoms with van der Waals surface area (Å²) in [6, 6.07) is 9.82. The molecule has 1 aliphatic rings. The van der Waals surface area contributed by atoms with Crippen molar-refractivity contribution in [3.63, 3.8) is 0 Å². The van der Waals surface area contributed by atoms with E-state index in [2.05, 4.69) is 0 Å². The number of aliphatic hydroxyl groups is 1. The molecule has 5 nitrogen and oxygen atoms in total. The van der Waals surface area contributed by atoms with Gasteiger partial charge in [-0.05, 0) is 5.56 Å². The molecule has 19 heavy (non-hydrogen) atoms. The second kappa shape index (κ2) is 6.98. The molecule has 0 saturated carbocycles. The van der Waals surface area contributed by atoms with Gasteiger partial charge in [-0.2, -0.15) is 0 Å². The summed E-state index contributed by atoms with van der Waals surface area (Å²) in [5.41, 5.74) is 1.06. The molecule has 1 aliphatic heterocycles. The largest absolute Gasteiger partial charge is 0.394 e. The molecule has 0 bridgehead atoms. The summed E-state index contributed by atoms with van der Waals surface area (Å²) in [6.07, 6.45) is -1.62. The van der Waals surface area contributed by atoms with Gasteiger partial charge in [-0.25, -0.2) is 0 Å². The first-order valence-electron chi connectivity index (χ1n) is 6.27. The third-order valence-corrected chi connectivity index (χ3v) is 3.25. The Morgan fingerprint density at radius 3 is 2.37 bits per heavy atom. The van der Waals surface area contributed by atoms with Gasteiger partial charge in [0.25, 0.3) is 0 Å². The maximum Gasteiger partial charge on any atom is 0.187 e. The van der Waals surface area contributed by atoms with Crippen LogP contribution in [-0.2, 0) is 25.6 Å². The van der Waals surface area contributed by atoms with Gasteiger partial charge >= 0.3 is 0 Å². The van der Waals surface area contributed by atoms with E-state index in [1.807, 2.05) is 30.3 Å². The van der Waals surface area contributed by atoms with Gasteiger partial charge in [-0.1, -0.05) is 30.3 Å². The quantitative estimate of drug-likeness (QED) is 0.832. The number of ether oxygens (including phenoxy) is 4. The Hall–Kier alpha value is -0.980. The molecule has 1 unspecified atom stereocenters. The topological polar surface area (TPSA) is 57.2 Å². The van der Waals surface area contributed by atoms with Crippen LogP contribution in [-0.4, -0.2) is 50.5 Å². The number of benzene rings is 1. The van der Waals surface area contributed by atoms with Crippen molar-refractivity contribution in [3.05, 3.63) is 35.9 Å². The first-order chi connectivity index (χ1) is 9.30. The van der Waals surface area contributed by atoms with Gasteiger partial charge in [0.15, 0.2) is 6.29 Å². The van der Waals surface area contributed by atoms with E-state index in [1.54, 1.807) is 14.2 Å². The minimum atomic E-state index is -0.535. The molecule has 4 atom stereocenters. The standard InChI is InChI=1S/C14H20O5/c1-16-12-11(8-15)19-14(13(12)17-2)18-9-10-6-4-3-5-7-10/h3-7,11-15H,8-9H2,1-2H3/t11-,12?,13+,14-/m1/s1. The summed E-state index contributed by atoms with van der Waals surface area (Å²) in [6.45, 7) is 0.309. The maximum atomic E-state index is 9.27. The van der Waals surface area contributed by atoms with Crippen LogP contribution in [0.25, 0.3) is 0 Å². The first kappa shape index (κ1) is 14.4. The van der Waals surface area contributed by atoms with Crippen molar-refractivity contribution in [2.75, 3.05) is 20.8 Å². The van der Waals surface area contributed by atoms with E-state index in [-0.39, 0.29) is 18.8 Å². The van der Waals surface area contributed by atoms with Crippen LogP contribution in [0.3, 0.4) is 0 Å². The molecule has 1 N–H and O–H groups in total. The lowest BCUT2D eigenvalue weighted by Gasteiger charge is -2.21. The molecule has 0 aliphatic carbocycles. The van der Waals surface area contributed by atoms with E-state index in [0.717, 1.165) is 5.56 Å². The van der Waals surface area contributed by atoms with Gasteiger partial charge < -0.3 is 24.1 Å². The molecule has 0 radical (unpaired) electrons. The molecule has 1 aromatic rings. The zero-order valence-corrected chi connectivity index (χ0v) is 11.2. The van der Waals surface area contributed by atoms with Crippen molar-refractivity contribution >= 4 is 0 Å². The highest BCUT2D eigenvalue weighted by molar-refractivity contribution is 5.13. The Kier molecular flexibility index (Phi) is 5.30. The lowest BCUT2D eigenvalue weighted by Crippen LogP contribution is -2.37. The molecule has 5 heteroatoms. The first-order valence-corrected chi connectivity index (χ1v) is 6.27. The Labute approximate surface area is 113 Å². The average molecular weight is 268 g/mol. The van der Waals surface area contributed by atoms with E-state index >= 15 is 0 Å². The molecule has 1 aromatic carbocycles. The Morgan fingerprint density at radius 2 is 1.79 bits per heavy atom. The molecule has 1 saturated heterocycles. The SMILES string of the molecule is COC1[C@@H](CO)O[C@@H](OCc2ccccc2)[C@H]1OC. The van der Waals surface area contributed by atoms with Gasteiger partial charge in [-0.15, -0.1) is 0 Å². The summed E-state index contributed by atoms with van der Waals surface area (Å²) >= 11 is 0. The molecular formula is C14H20O5. The molecule has 106 valence electrons. The van der Waals surface area contributed by atoms with Crippen LogP contribution in [0, 0.1) is 0 Å². The Morgan fingerprint density at radius 1 is 1.11 bits per heavy atom. The number of rotatable bonds is 6. The maximum absolute atomic E-state index is 9.27. The normalized spacial score (nSPS) is 30.7. The van der Waals surface area contributed by atoms with Crippen LogP contribution in [0.2, 0.25) is 0 Å². The van der Waals surface area contributed by atoms with Crippen LogP contribution in [0.5, 0.6) is 0 Å². The van der Waals surface area contributed by atoms with Crippen molar-refractivity contribution < 1.29 is 24.1 Å². The fourth-order valence-corrected chi connectivity index (χ4v) is 2.26. The highest BCUT2D eigenvalue weighted by atomic mass is 16.7. The fourth-order valence-electron chi connectivity index (χ4n) is 2.26. The zero-order chi connectivity index (χ0) is 13.7. The van der Waals surface area contributed by atoms with Crippen molar-refractivity contribution in [1.82, 2.24) is 0 Å². The highest BCUT2D eigenvalue weighted by Crippen LogP contribution is 2.27. The second-order valence-electron chi connectivity index (χ2n) is 4.42. The third-order valence-electron chi connectivity index (χ3n) is 3.25. The lowest BCUT2D eigenvalue weighted by atomic mass is 10.1. The minimum Gasteiger partial charge on any atom is -0.394 e. The van der Waals surface area contributed by atoms with Crippen molar-refractivity contribution in [3.8, 4) is 0 Å². The Bertz CT molecular complexity index is 369. The van der Waals surface area contributed by atoms with Gasteiger partial charge in [0.05, 0.1) is 13.2 Å².